The molecule has 0 unspecified atom stereocenters. The Balaban J connectivity index is 2.01. The van der Waals surface area contributed by atoms with Crippen LogP contribution in [0.4, 0.5) is 5.69 Å². The Morgan fingerprint density at radius 2 is 1.69 bits per heavy atom. The van der Waals surface area contributed by atoms with Gasteiger partial charge in [0, 0.05) is 6.54 Å². The predicted molar refractivity (Wildman–Crippen MR) is 109 cm³/mol. The van der Waals surface area contributed by atoms with Gasteiger partial charge < -0.3 is 10.1 Å². The lowest BCUT2D eigenvalue weighted by molar-refractivity contribution is -0.116. The minimum absolute atomic E-state index is 0.205. The maximum Gasteiger partial charge on any atom is 0.339 e. The van der Waals surface area contributed by atoms with Gasteiger partial charge in [-0.3, -0.25) is 18.7 Å². The lowest BCUT2D eigenvalue weighted by Crippen LogP contribution is -2.41. The number of hydrogen-bond donors (Lipinski definition) is 1. The number of nitrogens with zero attached hydrogens (tertiary/aromatic N) is 2. The van der Waals surface area contributed by atoms with Gasteiger partial charge in [-0.2, -0.15) is 0 Å². The van der Waals surface area contributed by atoms with E-state index in [0.29, 0.717) is 17.3 Å². The van der Waals surface area contributed by atoms with Gasteiger partial charge in [-0.25, -0.2) is 9.59 Å². The maximum absolute atomic E-state index is 12.9. The van der Waals surface area contributed by atoms with E-state index in [2.05, 4.69) is 5.32 Å². The molecule has 0 radical (unpaired) electrons. The van der Waals surface area contributed by atoms with Crippen molar-refractivity contribution in [2.75, 3.05) is 12.4 Å². The van der Waals surface area contributed by atoms with Crippen molar-refractivity contribution >= 4 is 28.5 Å². The Morgan fingerprint density at radius 1 is 1.00 bits per heavy atom. The second-order valence-corrected chi connectivity index (χ2v) is 6.43. The highest BCUT2D eigenvalue weighted by Crippen LogP contribution is 2.16. The Labute approximate surface area is 166 Å². The molecule has 0 bridgehead atoms. The molecule has 0 saturated heterocycles. The van der Waals surface area contributed by atoms with Crippen molar-refractivity contribution in [3.8, 4) is 0 Å². The van der Waals surface area contributed by atoms with E-state index in [9.17, 15) is 19.2 Å². The average Bonchev–Trinajstić information content (AvgIpc) is 2.74. The zero-order chi connectivity index (χ0) is 21.0. The van der Waals surface area contributed by atoms with Crippen LogP contribution in [0.5, 0.6) is 0 Å². The van der Waals surface area contributed by atoms with Gasteiger partial charge in [0.1, 0.15) is 6.54 Å². The largest absolute Gasteiger partial charge is 0.465 e. The van der Waals surface area contributed by atoms with Gasteiger partial charge in [-0.15, -0.1) is 0 Å². The van der Waals surface area contributed by atoms with E-state index < -0.39 is 17.6 Å². The van der Waals surface area contributed by atoms with Crippen LogP contribution < -0.4 is 16.6 Å². The van der Waals surface area contributed by atoms with Crippen LogP contribution in [0.3, 0.4) is 0 Å². The molecule has 1 heterocycles. The third-order valence-electron chi connectivity index (χ3n) is 4.49. The molecular formula is C21H21N3O5. The van der Waals surface area contributed by atoms with Crippen LogP contribution in [0.25, 0.3) is 10.9 Å². The molecule has 2 aromatic carbocycles. The first-order valence-electron chi connectivity index (χ1n) is 9.17. The minimum atomic E-state index is -0.583. The number of carbonyl (C=O) groups excluding carboxylic acids is 2. The SMILES string of the molecule is CCCn1c(=O)c2ccccc2n(CC(=O)Nc2ccccc2C(=O)OC)c1=O. The normalized spacial score (nSPS) is 10.7. The Bertz CT molecular complexity index is 1190. The van der Waals surface area contributed by atoms with Crippen molar-refractivity contribution in [1.82, 2.24) is 9.13 Å². The van der Waals surface area contributed by atoms with Crippen LogP contribution in [0.1, 0.15) is 23.7 Å². The fraction of sp³-hybridized carbons (Fsp3) is 0.238. The first-order valence-corrected chi connectivity index (χ1v) is 9.17. The molecule has 0 aliphatic heterocycles. The molecule has 3 rings (SSSR count). The summed E-state index contributed by atoms with van der Waals surface area (Å²) in [6.07, 6.45) is 0.603. The second kappa shape index (κ2) is 8.55. The standard InChI is InChI=1S/C21H21N3O5/c1-3-12-23-19(26)15-9-5-7-11-17(15)24(21(23)28)13-18(25)22-16-10-6-4-8-14(16)20(27)29-2/h4-11H,3,12-13H2,1-2H3,(H,22,25). The van der Waals surface area contributed by atoms with Crippen molar-refractivity contribution in [2.45, 2.75) is 26.4 Å². The molecule has 0 aliphatic rings. The Hall–Kier alpha value is -3.68. The Morgan fingerprint density at radius 3 is 2.41 bits per heavy atom. The third-order valence-corrected chi connectivity index (χ3v) is 4.49. The lowest BCUT2D eigenvalue weighted by Gasteiger charge is -2.14. The first kappa shape index (κ1) is 20.1. The molecule has 29 heavy (non-hydrogen) atoms. The maximum atomic E-state index is 12.9. The fourth-order valence-corrected chi connectivity index (χ4v) is 3.16. The summed E-state index contributed by atoms with van der Waals surface area (Å²) in [7, 11) is 1.25. The molecule has 8 nitrogen and oxygen atoms in total. The van der Waals surface area contributed by atoms with Crippen molar-refractivity contribution < 1.29 is 14.3 Å². The molecule has 0 spiro atoms. The number of esters is 1. The summed E-state index contributed by atoms with van der Waals surface area (Å²) in [4.78, 5) is 50.1. The number of anilines is 1. The van der Waals surface area contributed by atoms with Crippen LogP contribution in [-0.4, -0.2) is 28.1 Å². The lowest BCUT2D eigenvalue weighted by atomic mass is 10.2. The molecule has 0 saturated carbocycles. The van der Waals surface area contributed by atoms with E-state index in [1.807, 2.05) is 6.92 Å². The van der Waals surface area contributed by atoms with E-state index in [0.717, 1.165) is 4.57 Å². The quantitative estimate of drug-likeness (QED) is 0.644. The van der Waals surface area contributed by atoms with Gasteiger partial charge in [-0.1, -0.05) is 31.2 Å². The van der Waals surface area contributed by atoms with Crippen LogP contribution >= 0.6 is 0 Å². The molecule has 150 valence electrons. The smallest absolute Gasteiger partial charge is 0.339 e. The summed E-state index contributed by atoms with van der Waals surface area (Å²) in [5.74, 6) is -1.09. The number of benzene rings is 2. The predicted octanol–water partition coefficient (Wildman–Crippen LogP) is 2.00. The van der Waals surface area contributed by atoms with Crippen molar-refractivity contribution in [3.63, 3.8) is 0 Å². The zero-order valence-electron chi connectivity index (χ0n) is 16.2. The molecule has 0 atom stereocenters. The summed E-state index contributed by atoms with van der Waals surface area (Å²) in [6, 6.07) is 13.1. The number of ether oxygens (including phenoxy) is 1. The fourth-order valence-electron chi connectivity index (χ4n) is 3.16. The first-order chi connectivity index (χ1) is 14.0. The van der Waals surface area contributed by atoms with Crippen molar-refractivity contribution in [3.05, 3.63) is 74.9 Å². The molecule has 1 N–H and O–H groups in total. The highest BCUT2D eigenvalue weighted by atomic mass is 16.5. The number of amides is 1. The van der Waals surface area contributed by atoms with Gasteiger partial charge in [0.05, 0.1) is 29.3 Å². The molecule has 1 aromatic heterocycles. The minimum Gasteiger partial charge on any atom is -0.465 e. The molecule has 3 aromatic rings. The Kier molecular flexibility index (Phi) is 5.92. The van der Waals surface area contributed by atoms with Crippen LogP contribution in [0, 0.1) is 0 Å². The van der Waals surface area contributed by atoms with Crippen LogP contribution in [0.2, 0.25) is 0 Å². The zero-order valence-corrected chi connectivity index (χ0v) is 16.2. The number of rotatable bonds is 6. The highest BCUT2D eigenvalue weighted by Gasteiger charge is 2.17. The second-order valence-electron chi connectivity index (χ2n) is 6.43. The van der Waals surface area contributed by atoms with Crippen molar-refractivity contribution in [2.24, 2.45) is 0 Å². The summed E-state index contributed by atoms with van der Waals surface area (Å²) in [6.45, 7) is 1.82. The number of hydrogen-bond acceptors (Lipinski definition) is 5. The topological polar surface area (TPSA) is 99.4 Å². The van der Waals surface area contributed by atoms with E-state index in [1.54, 1.807) is 42.5 Å². The summed E-state index contributed by atoms with van der Waals surface area (Å²) < 4.78 is 7.13. The number of fused-ring (bicyclic) bond motifs is 1. The van der Waals surface area contributed by atoms with Crippen molar-refractivity contribution in [1.29, 1.82) is 0 Å². The van der Waals surface area contributed by atoms with Gasteiger partial charge in [-0.05, 0) is 30.7 Å². The van der Waals surface area contributed by atoms with E-state index in [4.69, 9.17) is 4.74 Å². The number of para-hydroxylation sites is 2. The van der Waals surface area contributed by atoms with E-state index >= 15 is 0 Å². The highest BCUT2D eigenvalue weighted by molar-refractivity contribution is 6.01. The van der Waals surface area contributed by atoms with Crippen LogP contribution in [-0.2, 0) is 22.6 Å². The number of carbonyl (C=O) groups is 2. The average molecular weight is 395 g/mol. The molecule has 0 aliphatic carbocycles. The molecular weight excluding hydrogens is 374 g/mol. The van der Waals surface area contributed by atoms with Gasteiger partial charge in [0.15, 0.2) is 0 Å². The van der Waals surface area contributed by atoms with Gasteiger partial charge >= 0.3 is 11.7 Å². The van der Waals surface area contributed by atoms with E-state index in [-0.39, 0.29) is 29.9 Å². The van der Waals surface area contributed by atoms with Gasteiger partial charge in [0.2, 0.25) is 5.91 Å². The molecule has 8 heteroatoms. The summed E-state index contributed by atoms with van der Waals surface area (Å²) in [5, 5.41) is 3.01. The monoisotopic (exact) mass is 395 g/mol. The molecule has 0 fully saturated rings. The molecule has 1 amide bonds. The summed E-state index contributed by atoms with van der Waals surface area (Å²) >= 11 is 0. The van der Waals surface area contributed by atoms with Crippen LogP contribution in [0.15, 0.2) is 58.1 Å². The number of aromatic nitrogens is 2. The van der Waals surface area contributed by atoms with E-state index in [1.165, 1.54) is 17.7 Å². The number of nitrogens with one attached hydrogen (secondary N) is 1. The number of methoxy groups -OCH3 is 1. The summed E-state index contributed by atoms with van der Waals surface area (Å²) in [5.41, 5.74) is -0.0570. The van der Waals surface area contributed by atoms with Gasteiger partial charge in [0.25, 0.3) is 5.56 Å². The third kappa shape index (κ3) is 3.96.